The van der Waals surface area contributed by atoms with Crippen molar-refractivity contribution >= 4 is 28.6 Å². The van der Waals surface area contributed by atoms with Crippen molar-refractivity contribution in [1.82, 2.24) is 9.55 Å². The van der Waals surface area contributed by atoms with Gasteiger partial charge in [-0.05, 0) is 38.1 Å². The Balaban J connectivity index is 2.36. The molecule has 1 atom stereocenters. The molecule has 0 saturated carbocycles. The lowest BCUT2D eigenvalue weighted by atomic mass is 10.2. The number of benzene rings is 2. The fourth-order valence-electron chi connectivity index (χ4n) is 3.16. The first kappa shape index (κ1) is 23.4. The Labute approximate surface area is 188 Å². The molecule has 10 heteroatoms. The van der Waals surface area contributed by atoms with E-state index in [4.69, 9.17) is 18.9 Å². The van der Waals surface area contributed by atoms with E-state index in [1.807, 2.05) is 0 Å². The second kappa shape index (κ2) is 9.90. The van der Waals surface area contributed by atoms with Crippen molar-refractivity contribution in [3.8, 4) is 22.9 Å². The minimum Gasteiger partial charge on any atom is -0.493 e. The molecule has 0 saturated heterocycles. The predicted molar refractivity (Wildman–Crippen MR) is 119 cm³/mol. The Morgan fingerprint density at radius 3 is 2.47 bits per heavy atom. The van der Waals surface area contributed by atoms with E-state index in [2.05, 4.69) is 4.98 Å². The average molecular weight is 462 g/mol. The summed E-state index contributed by atoms with van der Waals surface area (Å²) in [6.45, 7) is 3.56. The van der Waals surface area contributed by atoms with E-state index >= 15 is 0 Å². The summed E-state index contributed by atoms with van der Waals surface area (Å²) in [5.41, 5.74) is -0.00326. The first-order valence-electron chi connectivity index (χ1n) is 9.71. The predicted octanol–water partition coefficient (Wildman–Crippen LogP) is 3.59. The highest BCUT2D eigenvalue weighted by atomic mass is 32.2. The monoisotopic (exact) mass is 462 g/mol. The van der Waals surface area contributed by atoms with Crippen molar-refractivity contribution < 1.29 is 28.1 Å². The van der Waals surface area contributed by atoms with Crippen LogP contribution in [-0.2, 0) is 9.53 Å². The first-order valence-corrected chi connectivity index (χ1v) is 10.6. The molecule has 3 aromatic rings. The van der Waals surface area contributed by atoms with Gasteiger partial charge < -0.3 is 18.9 Å². The van der Waals surface area contributed by atoms with Crippen LogP contribution in [0.5, 0.6) is 17.2 Å². The third kappa shape index (κ3) is 4.36. The van der Waals surface area contributed by atoms with E-state index in [1.165, 1.54) is 50.2 Å². The number of nitrogens with zero attached hydrogens (tertiary/aromatic N) is 2. The Hall–Kier alpha value is -3.27. The smallest absolute Gasteiger partial charge is 0.319 e. The van der Waals surface area contributed by atoms with Gasteiger partial charge in [-0.2, -0.15) is 0 Å². The molecule has 3 rings (SSSR count). The number of fused-ring (bicyclic) bond motifs is 1. The van der Waals surface area contributed by atoms with Gasteiger partial charge in [0.1, 0.15) is 16.6 Å². The fourth-order valence-corrected chi connectivity index (χ4v) is 4.07. The molecule has 1 unspecified atom stereocenters. The maximum absolute atomic E-state index is 14.0. The Kier molecular flexibility index (Phi) is 7.24. The number of esters is 1. The maximum atomic E-state index is 14.0. The van der Waals surface area contributed by atoms with Gasteiger partial charge in [0.05, 0.1) is 39.0 Å². The zero-order valence-corrected chi connectivity index (χ0v) is 19.1. The molecular weight excluding hydrogens is 439 g/mol. The van der Waals surface area contributed by atoms with E-state index in [-0.39, 0.29) is 45.6 Å². The summed E-state index contributed by atoms with van der Waals surface area (Å²) in [5, 5.41) is -0.332. The minimum absolute atomic E-state index is 0.166. The Morgan fingerprint density at radius 2 is 1.88 bits per heavy atom. The highest BCUT2D eigenvalue weighted by molar-refractivity contribution is 8.00. The Bertz CT molecular complexity index is 1210. The summed E-state index contributed by atoms with van der Waals surface area (Å²) in [7, 11) is 4.30. The van der Waals surface area contributed by atoms with Gasteiger partial charge in [0.25, 0.3) is 5.56 Å². The number of halogens is 1. The van der Waals surface area contributed by atoms with Gasteiger partial charge in [-0.3, -0.25) is 14.2 Å². The minimum atomic E-state index is -0.676. The molecule has 0 fully saturated rings. The summed E-state index contributed by atoms with van der Waals surface area (Å²) >= 11 is 1.02. The van der Waals surface area contributed by atoms with Gasteiger partial charge in [0, 0.05) is 0 Å². The maximum Gasteiger partial charge on any atom is 0.319 e. The second-order valence-electron chi connectivity index (χ2n) is 6.57. The summed E-state index contributed by atoms with van der Waals surface area (Å²) in [4.78, 5) is 30.4. The molecule has 32 heavy (non-hydrogen) atoms. The lowest BCUT2D eigenvalue weighted by Gasteiger charge is -2.18. The van der Waals surface area contributed by atoms with E-state index in [0.717, 1.165) is 11.8 Å². The lowest BCUT2D eigenvalue weighted by Crippen LogP contribution is -2.24. The molecule has 2 aromatic carbocycles. The van der Waals surface area contributed by atoms with Crippen LogP contribution in [0.4, 0.5) is 4.39 Å². The molecule has 0 radical (unpaired) electrons. The van der Waals surface area contributed by atoms with Crippen LogP contribution in [0.2, 0.25) is 0 Å². The molecule has 170 valence electrons. The molecule has 1 aromatic heterocycles. The third-order valence-electron chi connectivity index (χ3n) is 4.60. The van der Waals surface area contributed by atoms with Crippen LogP contribution in [0.3, 0.4) is 0 Å². The number of carbonyl (C=O) groups is 1. The topological polar surface area (TPSA) is 88.9 Å². The van der Waals surface area contributed by atoms with Crippen LogP contribution < -0.4 is 19.8 Å². The fraction of sp³-hybridized carbons (Fsp3) is 0.318. The van der Waals surface area contributed by atoms with Gasteiger partial charge in [-0.15, -0.1) is 0 Å². The molecular formula is C22H23FN2O6S. The number of ether oxygens (including phenoxy) is 4. The number of methoxy groups -OCH3 is 3. The van der Waals surface area contributed by atoms with Crippen molar-refractivity contribution in [2.24, 2.45) is 0 Å². The van der Waals surface area contributed by atoms with Gasteiger partial charge in [0.2, 0.25) is 5.75 Å². The van der Waals surface area contributed by atoms with E-state index in [9.17, 15) is 14.0 Å². The standard InChI is InChI=1S/C22H23FN2O6S/c1-6-31-21(27)12(2)32-22-24-17-15(11-16(28-3)18(29-4)19(17)30-5)20(26)25(22)14-9-7-8-13(23)10-14/h7-12H,6H2,1-5H3. The largest absolute Gasteiger partial charge is 0.493 e. The zero-order valence-electron chi connectivity index (χ0n) is 18.3. The van der Waals surface area contributed by atoms with Crippen molar-refractivity contribution in [1.29, 1.82) is 0 Å². The summed E-state index contributed by atoms with van der Waals surface area (Å²) in [5.74, 6) is -0.226. The summed E-state index contributed by atoms with van der Waals surface area (Å²) in [6, 6.07) is 7.04. The van der Waals surface area contributed by atoms with Crippen molar-refractivity contribution in [2.45, 2.75) is 24.3 Å². The molecule has 0 bridgehead atoms. The molecule has 0 amide bonds. The van der Waals surface area contributed by atoms with E-state index < -0.39 is 22.6 Å². The van der Waals surface area contributed by atoms with E-state index in [1.54, 1.807) is 19.9 Å². The normalized spacial score (nSPS) is 11.8. The van der Waals surface area contributed by atoms with Crippen LogP contribution in [0, 0.1) is 5.82 Å². The van der Waals surface area contributed by atoms with Crippen molar-refractivity contribution in [3.05, 3.63) is 46.5 Å². The Morgan fingerprint density at radius 1 is 1.16 bits per heavy atom. The third-order valence-corrected chi connectivity index (χ3v) is 5.63. The molecule has 0 aliphatic carbocycles. The zero-order chi connectivity index (χ0) is 23.4. The molecule has 0 N–H and O–H groups in total. The van der Waals surface area contributed by atoms with E-state index in [0.29, 0.717) is 0 Å². The van der Waals surface area contributed by atoms with Gasteiger partial charge in [0.15, 0.2) is 16.7 Å². The van der Waals surface area contributed by atoms with Gasteiger partial charge in [-0.1, -0.05) is 17.8 Å². The highest BCUT2D eigenvalue weighted by Gasteiger charge is 2.25. The van der Waals surface area contributed by atoms with Crippen molar-refractivity contribution in [3.63, 3.8) is 0 Å². The number of aromatic nitrogens is 2. The SMILES string of the molecule is CCOC(=O)C(C)Sc1nc2c(OC)c(OC)c(OC)cc2c(=O)n1-c1cccc(F)c1. The van der Waals surface area contributed by atoms with Gasteiger partial charge >= 0.3 is 5.97 Å². The highest BCUT2D eigenvalue weighted by Crippen LogP contribution is 2.42. The summed E-state index contributed by atoms with van der Waals surface area (Å²) in [6.07, 6.45) is 0. The first-order chi connectivity index (χ1) is 15.4. The molecule has 1 heterocycles. The number of thioether (sulfide) groups is 1. The van der Waals surface area contributed by atoms with Crippen LogP contribution in [0.25, 0.3) is 16.6 Å². The number of hydrogen-bond donors (Lipinski definition) is 0. The van der Waals surface area contributed by atoms with Crippen molar-refractivity contribution in [2.75, 3.05) is 27.9 Å². The second-order valence-corrected chi connectivity index (χ2v) is 7.88. The molecule has 0 spiro atoms. The lowest BCUT2D eigenvalue weighted by molar-refractivity contribution is -0.142. The molecule has 0 aliphatic heterocycles. The number of hydrogen-bond acceptors (Lipinski definition) is 8. The van der Waals surface area contributed by atoms with Crippen LogP contribution in [0.1, 0.15) is 13.8 Å². The van der Waals surface area contributed by atoms with Crippen LogP contribution >= 0.6 is 11.8 Å². The summed E-state index contributed by atoms with van der Waals surface area (Å²) < 4.78 is 36.5. The molecule has 8 nitrogen and oxygen atoms in total. The number of carbonyl (C=O) groups excluding carboxylic acids is 1. The molecule has 0 aliphatic rings. The van der Waals surface area contributed by atoms with Crippen LogP contribution in [0.15, 0.2) is 40.3 Å². The van der Waals surface area contributed by atoms with Gasteiger partial charge in [-0.25, -0.2) is 9.37 Å². The quantitative estimate of drug-likeness (QED) is 0.285. The number of rotatable bonds is 8. The average Bonchev–Trinajstić information content (AvgIpc) is 2.78. The van der Waals surface area contributed by atoms with Crippen LogP contribution in [-0.4, -0.2) is 48.7 Å².